The Morgan fingerprint density at radius 1 is 0.640 bits per heavy atom. The number of hydrogen-bond acceptors (Lipinski definition) is 4. The van der Waals surface area contributed by atoms with E-state index in [9.17, 15) is 19.8 Å². The molecule has 25 heavy (non-hydrogen) atoms. The van der Waals surface area contributed by atoms with E-state index in [1.54, 1.807) is 24.3 Å². The smallest absolute Gasteiger partial charge is 0.545 e. The zero-order valence-electron chi connectivity index (χ0n) is 15.1. The van der Waals surface area contributed by atoms with Crippen molar-refractivity contribution in [2.75, 3.05) is 0 Å². The first-order valence-electron chi connectivity index (χ1n) is 7.85. The van der Waals surface area contributed by atoms with Crippen LogP contribution in [-0.2, 0) is 19.5 Å². The Hall–Kier alpha value is -2.00. The molecule has 2 aromatic carbocycles. The maximum atomic E-state index is 10.4. The van der Waals surface area contributed by atoms with Gasteiger partial charge < -0.3 is 19.8 Å². The van der Waals surface area contributed by atoms with E-state index in [2.05, 4.69) is 27.7 Å². The Kier molecular flexibility index (Phi) is 9.92. The summed E-state index contributed by atoms with van der Waals surface area (Å²) in [6.45, 7) is 8.25. The second-order valence-electron chi connectivity index (χ2n) is 6.13. The standard InChI is InChI=1S/2C10H12O2.Zn/c2*1-7(2)8-3-5-9(6-4-8)10(11)12;/h2*3-7H,1-2H3,(H,11,12);/q;;+2/p-2. The van der Waals surface area contributed by atoms with Crippen LogP contribution < -0.4 is 10.2 Å². The molecule has 0 saturated carbocycles. The van der Waals surface area contributed by atoms with E-state index in [1.807, 2.05) is 24.3 Å². The fourth-order valence-corrected chi connectivity index (χ4v) is 2.01. The van der Waals surface area contributed by atoms with Crippen LogP contribution in [0.4, 0.5) is 0 Å². The maximum absolute atomic E-state index is 10.4. The van der Waals surface area contributed by atoms with Crippen molar-refractivity contribution in [2.45, 2.75) is 39.5 Å². The zero-order valence-corrected chi connectivity index (χ0v) is 18.1. The number of carbonyl (C=O) groups excluding carboxylic acids is 2. The van der Waals surface area contributed by atoms with Crippen LogP contribution in [0.3, 0.4) is 0 Å². The van der Waals surface area contributed by atoms with Crippen molar-refractivity contribution in [3.63, 3.8) is 0 Å². The molecule has 128 valence electrons. The van der Waals surface area contributed by atoms with E-state index in [0.29, 0.717) is 11.8 Å². The minimum atomic E-state index is -1.12. The topological polar surface area (TPSA) is 80.3 Å². The summed E-state index contributed by atoms with van der Waals surface area (Å²) in [4.78, 5) is 20.7. The monoisotopic (exact) mass is 390 g/mol. The van der Waals surface area contributed by atoms with Gasteiger partial charge in [-0.25, -0.2) is 0 Å². The van der Waals surface area contributed by atoms with Crippen LogP contribution in [0.25, 0.3) is 0 Å². The van der Waals surface area contributed by atoms with Crippen molar-refractivity contribution in [1.29, 1.82) is 0 Å². The van der Waals surface area contributed by atoms with Crippen molar-refractivity contribution >= 4 is 11.9 Å². The Morgan fingerprint density at radius 2 is 0.880 bits per heavy atom. The molecule has 0 N–H and O–H groups in total. The van der Waals surface area contributed by atoms with Gasteiger partial charge >= 0.3 is 19.5 Å². The van der Waals surface area contributed by atoms with Gasteiger partial charge in [0, 0.05) is 0 Å². The van der Waals surface area contributed by atoms with E-state index in [1.165, 1.54) is 0 Å². The van der Waals surface area contributed by atoms with E-state index in [0.717, 1.165) is 11.1 Å². The van der Waals surface area contributed by atoms with Crippen molar-refractivity contribution in [3.05, 3.63) is 70.8 Å². The summed E-state index contributed by atoms with van der Waals surface area (Å²) in [6.07, 6.45) is 0. The number of aromatic carboxylic acids is 2. The van der Waals surface area contributed by atoms with Crippen molar-refractivity contribution in [1.82, 2.24) is 0 Å². The van der Waals surface area contributed by atoms with Gasteiger partial charge in [-0.1, -0.05) is 76.2 Å². The first-order chi connectivity index (χ1) is 11.2. The summed E-state index contributed by atoms with van der Waals surface area (Å²) in [6, 6.07) is 13.6. The van der Waals surface area contributed by atoms with Gasteiger partial charge in [0.05, 0.1) is 11.9 Å². The molecule has 0 aromatic heterocycles. The number of carboxylic acids is 2. The van der Waals surface area contributed by atoms with Crippen LogP contribution >= 0.6 is 0 Å². The normalized spacial score (nSPS) is 9.84. The predicted molar refractivity (Wildman–Crippen MR) is 89.7 cm³/mol. The molecule has 4 nitrogen and oxygen atoms in total. The summed E-state index contributed by atoms with van der Waals surface area (Å²) in [5.74, 6) is -1.38. The molecule has 0 aliphatic rings. The van der Waals surface area contributed by atoms with Crippen molar-refractivity contribution in [2.24, 2.45) is 0 Å². The summed E-state index contributed by atoms with van der Waals surface area (Å²) < 4.78 is 0. The quantitative estimate of drug-likeness (QED) is 0.749. The zero-order chi connectivity index (χ0) is 18.3. The Balaban J connectivity index is 0.000000443. The molecule has 0 bridgehead atoms. The summed E-state index contributed by atoms with van der Waals surface area (Å²) in [5.41, 5.74) is 2.75. The predicted octanol–water partition coefficient (Wildman–Crippen LogP) is 2.34. The van der Waals surface area contributed by atoms with Crippen LogP contribution in [0.2, 0.25) is 0 Å². The van der Waals surface area contributed by atoms with E-state index in [-0.39, 0.29) is 30.6 Å². The molecule has 0 heterocycles. The molecular weight excluding hydrogens is 370 g/mol. The third-order valence-corrected chi connectivity index (χ3v) is 3.63. The number of carboxylic acid groups (broad SMARTS) is 2. The first-order valence-corrected chi connectivity index (χ1v) is 7.85. The summed E-state index contributed by atoms with van der Waals surface area (Å²) >= 11 is 0. The number of rotatable bonds is 4. The first kappa shape index (κ1) is 23.0. The minimum Gasteiger partial charge on any atom is -0.545 e. The summed E-state index contributed by atoms with van der Waals surface area (Å²) in [7, 11) is 0. The molecule has 0 spiro atoms. The van der Waals surface area contributed by atoms with Gasteiger partial charge in [-0.05, 0) is 34.1 Å². The molecule has 0 amide bonds. The molecule has 0 fully saturated rings. The maximum Gasteiger partial charge on any atom is 2.00 e. The number of benzene rings is 2. The Bertz CT molecular complexity index is 612. The molecule has 2 rings (SSSR count). The van der Waals surface area contributed by atoms with Crippen LogP contribution in [0.15, 0.2) is 48.5 Å². The largest absolute Gasteiger partial charge is 2.00 e. The molecule has 5 heteroatoms. The van der Waals surface area contributed by atoms with E-state index < -0.39 is 11.9 Å². The minimum absolute atomic E-state index is 0. The van der Waals surface area contributed by atoms with Gasteiger partial charge in [0.15, 0.2) is 0 Å². The summed E-state index contributed by atoms with van der Waals surface area (Å²) in [5, 5.41) is 20.7. The number of hydrogen-bond donors (Lipinski definition) is 0. The Morgan fingerprint density at radius 3 is 1.04 bits per heavy atom. The van der Waals surface area contributed by atoms with Gasteiger partial charge in [0.2, 0.25) is 0 Å². The second-order valence-corrected chi connectivity index (χ2v) is 6.13. The average molecular weight is 392 g/mol. The number of carbonyl (C=O) groups is 2. The molecule has 0 unspecified atom stereocenters. The molecule has 0 aliphatic carbocycles. The average Bonchev–Trinajstić information content (AvgIpc) is 2.55. The SMILES string of the molecule is CC(C)c1ccc(C(=O)[O-])cc1.CC(C)c1ccc(C(=O)[O-])cc1.[Zn+2]. The molecule has 0 aliphatic heterocycles. The van der Waals surface area contributed by atoms with Crippen molar-refractivity contribution < 1.29 is 39.3 Å². The van der Waals surface area contributed by atoms with Gasteiger partial charge in [-0.3, -0.25) is 0 Å². The fourth-order valence-electron chi connectivity index (χ4n) is 2.01. The van der Waals surface area contributed by atoms with Gasteiger partial charge in [0.1, 0.15) is 0 Å². The van der Waals surface area contributed by atoms with Crippen LogP contribution in [0.5, 0.6) is 0 Å². The van der Waals surface area contributed by atoms with Crippen molar-refractivity contribution in [3.8, 4) is 0 Å². The van der Waals surface area contributed by atoms with Gasteiger partial charge in [-0.2, -0.15) is 0 Å². The third-order valence-electron chi connectivity index (χ3n) is 3.63. The Labute approximate surface area is 161 Å². The van der Waals surface area contributed by atoms with Gasteiger partial charge in [-0.15, -0.1) is 0 Å². The molecule has 0 atom stereocenters. The van der Waals surface area contributed by atoms with Crippen LogP contribution in [0.1, 0.15) is 71.4 Å². The third kappa shape index (κ3) is 7.61. The van der Waals surface area contributed by atoms with Crippen LogP contribution in [-0.4, -0.2) is 11.9 Å². The van der Waals surface area contributed by atoms with E-state index in [4.69, 9.17) is 0 Å². The fraction of sp³-hybridized carbons (Fsp3) is 0.300. The van der Waals surface area contributed by atoms with Gasteiger partial charge in [0.25, 0.3) is 0 Å². The van der Waals surface area contributed by atoms with Crippen LogP contribution in [0, 0.1) is 0 Å². The van der Waals surface area contributed by atoms with E-state index >= 15 is 0 Å². The molecular formula is C20H22O4Zn. The molecule has 0 radical (unpaired) electrons. The molecule has 2 aromatic rings. The second kappa shape index (κ2) is 10.8. The molecule has 0 saturated heterocycles.